The number of carbonyl (C=O) groups excluding carboxylic acids is 1. The molecule has 1 heterocycles. The van der Waals surface area contributed by atoms with E-state index in [2.05, 4.69) is 5.32 Å². The van der Waals surface area contributed by atoms with Gasteiger partial charge >= 0.3 is 0 Å². The molecule has 0 unspecified atom stereocenters. The highest BCUT2D eigenvalue weighted by atomic mass is 16.5. The van der Waals surface area contributed by atoms with Gasteiger partial charge in [-0.3, -0.25) is 4.79 Å². The second-order valence-electron chi connectivity index (χ2n) is 4.26. The third kappa shape index (κ3) is 3.28. The summed E-state index contributed by atoms with van der Waals surface area (Å²) in [5.41, 5.74) is 7.21. The van der Waals surface area contributed by atoms with Crippen LogP contribution in [0.5, 0.6) is 0 Å². The van der Waals surface area contributed by atoms with Gasteiger partial charge in [-0.25, -0.2) is 0 Å². The SMILES string of the molecule is NCc1cccc(C(=O)NC2CCOCC2)c1. The maximum Gasteiger partial charge on any atom is 0.251 e. The van der Waals surface area contributed by atoms with E-state index in [-0.39, 0.29) is 11.9 Å². The molecule has 0 bridgehead atoms. The summed E-state index contributed by atoms with van der Waals surface area (Å²) in [6.07, 6.45) is 1.78. The minimum atomic E-state index is -0.0211. The monoisotopic (exact) mass is 234 g/mol. The van der Waals surface area contributed by atoms with Gasteiger partial charge in [0.1, 0.15) is 0 Å². The number of benzene rings is 1. The van der Waals surface area contributed by atoms with E-state index in [4.69, 9.17) is 10.5 Å². The zero-order valence-electron chi connectivity index (χ0n) is 9.82. The molecule has 3 N–H and O–H groups in total. The van der Waals surface area contributed by atoms with E-state index in [0.717, 1.165) is 31.6 Å². The molecule has 1 aliphatic rings. The first-order chi connectivity index (χ1) is 8.29. The van der Waals surface area contributed by atoms with Crippen molar-refractivity contribution < 1.29 is 9.53 Å². The Kier molecular flexibility index (Phi) is 4.12. The number of carbonyl (C=O) groups is 1. The van der Waals surface area contributed by atoms with Gasteiger partial charge in [0.2, 0.25) is 0 Å². The minimum Gasteiger partial charge on any atom is -0.381 e. The lowest BCUT2D eigenvalue weighted by atomic mass is 10.1. The molecule has 4 nitrogen and oxygen atoms in total. The second kappa shape index (κ2) is 5.80. The van der Waals surface area contributed by atoms with Crippen molar-refractivity contribution in [3.8, 4) is 0 Å². The van der Waals surface area contributed by atoms with Crippen molar-refractivity contribution in [2.45, 2.75) is 25.4 Å². The average molecular weight is 234 g/mol. The third-order valence-electron chi connectivity index (χ3n) is 2.98. The molecular weight excluding hydrogens is 216 g/mol. The van der Waals surface area contributed by atoms with Crippen LogP contribution in [0.2, 0.25) is 0 Å². The molecule has 1 aliphatic heterocycles. The summed E-state index contributed by atoms with van der Waals surface area (Å²) < 4.78 is 5.26. The maximum atomic E-state index is 12.0. The van der Waals surface area contributed by atoms with Crippen molar-refractivity contribution in [2.75, 3.05) is 13.2 Å². The summed E-state index contributed by atoms with van der Waals surface area (Å²) in [5.74, 6) is -0.0211. The van der Waals surface area contributed by atoms with Crippen LogP contribution in [0.3, 0.4) is 0 Å². The zero-order chi connectivity index (χ0) is 12.1. The fourth-order valence-corrected chi connectivity index (χ4v) is 1.95. The lowest BCUT2D eigenvalue weighted by molar-refractivity contribution is 0.0696. The van der Waals surface area contributed by atoms with Crippen LogP contribution in [0.15, 0.2) is 24.3 Å². The van der Waals surface area contributed by atoms with Crippen molar-refractivity contribution in [3.63, 3.8) is 0 Å². The highest BCUT2D eigenvalue weighted by Crippen LogP contribution is 2.09. The Bertz CT molecular complexity index is 387. The lowest BCUT2D eigenvalue weighted by Crippen LogP contribution is -2.38. The molecule has 92 valence electrons. The largest absolute Gasteiger partial charge is 0.381 e. The lowest BCUT2D eigenvalue weighted by Gasteiger charge is -2.23. The quantitative estimate of drug-likeness (QED) is 0.821. The molecule has 2 rings (SSSR count). The van der Waals surface area contributed by atoms with Gasteiger partial charge in [-0.1, -0.05) is 12.1 Å². The number of hydrogen-bond donors (Lipinski definition) is 2. The first-order valence-electron chi connectivity index (χ1n) is 5.97. The third-order valence-corrected chi connectivity index (χ3v) is 2.98. The summed E-state index contributed by atoms with van der Waals surface area (Å²) in [7, 11) is 0. The predicted molar refractivity (Wildman–Crippen MR) is 65.6 cm³/mol. The maximum absolute atomic E-state index is 12.0. The van der Waals surface area contributed by atoms with E-state index in [1.54, 1.807) is 0 Å². The number of rotatable bonds is 3. The van der Waals surface area contributed by atoms with E-state index in [9.17, 15) is 4.79 Å². The standard InChI is InChI=1S/C13H18N2O2/c14-9-10-2-1-3-11(8-10)13(16)15-12-4-6-17-7-5-12/h1-3,8,12H,4-7,9,14H2,(H,15,16). The van der Waals surface area contributed by atoms with Gasteiger partial charge in [0, 0.05) is 31.4 Å². The number of nitrogens with one attached hydrogen (secondary N) is 1. The van der Waals surface area contributed by atoms with Crippen LogP contribution in [0.25, 0.3) is 0 Å². The molecule has 0 aromatic heterocycles. The molecular formula is C13H18N2O2. The summed E-state index contributed by atoms with van der Waals surface area (Å²) in [6.45, 7) is 1.92. The molecule has 4 heteroatoms. The summed E-state index contributed by atoms with van der Waals surface area (Å²) >= 11 is 0. The fourth-order valence-electron chi connectivity index (χ4n) is 1.95. The molecule has 1 saturated heterocycles. The molecule has 17 heavy (non-hydrogen) atoms. The smallest absolute Gasteiger partial charge is 0.251 e. The summed E-state index contributed by atoms with van der Waals surface area (Å²) in [4.78, 5) is 12.0. The van der Waals surface area contributed by atoms with Gasteiger partial charge in [-0.2, -0.15) is 0 Å². The Morgan fingerprint density at radius 3 is 2.88 bits per heavy atom. The highest BCUT2D eigenvalue weighted by Gasteiger charge is 2.16. The summed E-state index contributed by atoms with van der Waals surface area (Å²) in [5, 5.41) is 3.03. The number of nitrogens with two attached hydrogens (primary N) is 1. The van der Waals surface area contributed by atoms with Gasteiger partial charge in [0.15, 0.2) is 0 Å². The van der Waals surface area contributed by atoms with Crippen molar-refractivity contribution in [3.05, 3.63) is 35.4 Å². The van der Waals surface area contributed by atoms with Crippen LogP contribution in [0.4, 0.5) is 0 Å². The van der Waals surface area contributed by atoms with E-state index < -0.39 is 0 Å². The Morgan fingerprint density at radius 2 is 2.18 bits per heavy atom. The van der Waals surface area contributed by atoms with Gasteiger partial charge < -0.3 is 15.8 Å². The van der Waals surface area contributed by atoms with E-state index in [0.29, 0.717) is 12.1 Å². The Hall–Kier alpha value is -1.39. The Balaban J connectivity index is 1.98. The van der Waals surface area contributed by atoms with E-state index in [1.807, 2.05) is 24.3 Å². The first kappa shape index (κ1) is 12.1. The van der Waals surface area contributed by atoms with Crippen LogP contribution in [-0.2, 0) is 11.3 Å². The molecule has 0 saturated carbocycles. The number of amides is 1. The topological polar surface area (TPSA) is 64.4 Å². The molecule has 1 fully saturated rings. The average Bonchev–Trinajstić information content (AvgIpc) is 2.40. The van der Waals surface area contributed by atoms with Crippen LogP contribution >= 0.6 is 0 Å². The molecule has 0 atom stereocenters. The van der Waals surface area contributed by atoms with E-state index >= 15 is 0 Å². The Labute approximate surface area is 101 Å². The highest BCUT2D eigenvalue weighted by molar-refractivity contribution is 5.94. The predicted octanol–water partition coefficient (Wildman–Crippen LogP) is 1.05. The molecule has 0 aliphatic carbocycles. The molecule has 0 radical (unpaired) electrons. The van der Waals surface area contributed by atoms with Gasteiger partial charge in [-0.05, 0) is 30.5 Å². The number of ether oxygens (including phenoxy) is 1. The van der Waals surface area contributed by atoms with Crippen LogP contribution in [0, 0.1) is 0 Å². The van der Waals surface area contributed by atoms with Crippen molar-refractivity contribution in [1.29, 1.82) is 0 Å². The number of hydrogen-bond acceptors (Lipinski definition) is 3. The van der Waals surface area contributed by atoms with Gasteiger partial charge in [-0.15, -0.1) is 0 Å². The first-order valence-corrected chi connectivity index (χ1v) is 5.97. The summed E-state index contributed by atoms with van der Waals surface area (Å²) in [6, 6.07) is 7.67. The Morgan fingerprint density at radius 1 is 1.41 bits per heavy atom. The van der Waals surface area contributed by atoms with Crippen molar-refractivity contribution in [2.24, 2.45) is 5.73 Å². The minimum absolute atomic E-state index is 0.0211. The van der Waals surface area contributed by atoms with Gasteiger partial charge in [0.05, 0.1) is 0 Å². The molecule has 1 amide bonds. The molecule has 1 aromatic rings. The van der Waals surface area contributed by atoms with Gasteiger partial charge in [0.25, 0.3) is 5.91 Å². The van der Waals surface area contributed by atoms with E-state index in [1.165, 1.54) is 0 Å². The normalized spacial score (nSPS) is 16.8. The van der Waals surface area contributed by atoms with Crippen molar-refractivity contribution >= 4 is 5.91 Å². The zero-order valence-corrected chi connectivity index (χ0v) is 9.82. The fraction of sp³-hybridized carbons (Fsp3) is 0.462. The molecule has 1 aromatic carbocycles. The van der Waals surface area contributed by atoms with Crippen LogP contribution in [0.1, 0.15) is 28.8 Å². The van der Waals surface area contributed by atoms with Crippen LogP contribution in [-0.4, -0.2) is 25.2 Å². The molecule has 0 spiro atoms. The van der Waals surface area contributed by atoms with Crippen LogP contribution < -0.4 is 11.1 Å². The van der Waals surface area contributed by atoms with Crippen molar-refractivity contribution in [1.82, 2.24) is 5.32 Å². The second-order valence-corrected chi connectivity index (χ2v) is 4.26.